The Bertz CT molecular complexity index is 852. The second kappa shape index (κ2) is 14.6. The maximum Gasteiger partial charge on any atom is 0.224 e. The lowest BCUT2D eigenvalue weighted by atomic mass is 10.1. The van der Waals surface area contributed by atoms with E-state index in [9.17, 15) is 9.90 Å². The van der Waals surface area contributed by atoms with Gasteiger partial charge in [0.25, 0.3) is 0 Å². The van der Waals surface area contributed by atoms with Gasteiger partial charge >= 0.3 is 0 Å². The van der Waals surface area contributed by atoms with Crippen LogP contribution in [0.2, 0.25) is 0 Å². The molecule has 1 amide bonds. The largest absolute Gasteiger partial charge is 0.491 e. The molecule has 7 heteroatoms. The van der Waals surface area contributed by atoms with Crippen LogP contribution in [0, 0.1) is 6.92 Å². The first-order valence-corrected chi connectivity index (χ1v) is 12.3. The number of aliphatic hydroxyl groups is 1. The van der Waals surface area contributed by atoms with Crippen LogP contribution < -0.4 is 20.1 Å². The maximum atomic E-state index is 12.0. The van der Waals surface area contributed by atoms with Gasteiger partial charge in [0.15, 0.2) is 0 Å². The van der Waals surface area contributed by atoms with Gasteiger partial charge in [0, 0.05) is 19.6 Å². The summed E-state index contributed by atoms with van der Waals surface area (Å²) in [6.45, 7) is 4.81. The smallest absolute Gasteiger partial charge is 0.224 e. The molecule has 0 radical (unpaired) electrons. The summed E-state index contributed by atoms with van der Waals surface area (Å²) >= 11 is 0. The number of hydrogen-bond acceptors (Lipinski definition) is 6. The van der Waals surface area contributed by atoms with Crippen molar-refractivity contribution in [1.29, 1.82) is 0 Å². The van der Waals surface area contributed by atoms with E-state index in [0.717, 1.165) is 16.9 Å². The van der Waals surface area contributed by atoms with E-state index in [-0.39, 0.29) is 12.5 Å². The Morgan fingerprint density at radius 3 is 2.50 bits per heavy atom. The van der Waals surface area contributed by atoms with E-state index in [1.54, 1.807) is 0 Å². The molecule has 0 heterocycles. The molecule has 2 aromatic rings. The molecular formula is C27H38N2O5. The van der Waals surface area contributed by atoms with Crippen molar-refractivity contribution in [1.82, 2.24) is 10.6 Å². The second-order valence-electron chi connectivity index (χ2n) is 8.78. The molecule has 1 aliphatic carbocycles. The maximum absolute atomic E-state index is 12.0. The molecule has 1 saturated carbocycles. The fourth-order valence-corrected chi connectivity index (χ4v) is 3.94. The minimum absolute atomic E-state index is 0.00922. The van der Waals surface area contributed by atoms with Crippen LogP contribution in [0.5, 0.6) is 11.5 Å². The van der Waals surface area contributed by atoms with E-state index >= 15 is 0 Å². The Morgan fingerprint density at radius 1 is 1.03 bits per heavy atom. The number of ether oxygens (including phenoxy) is 3. The highest BCUT2D eigenvalue weighted by Crippen LogP contribution is 2.21. The third kappa shape index (κ3) is 10.1. The van der Waals surface area contributed by atoms with Gasteiger partial charge in [0.2, 0.25) is 5.91 Å². The lowest BCUT2D eigenvalue weighted by Gasteiger charge is -2.14. The zero-order valence-electron chi connectivity index (χ0n) is 20.1. The molecule has 0 saturated heterocycles. The second-order valence-corrected chi connectivity index (χ2v) is 8.78. The summed E-state index contributed by atoms with van der Waals surface area (Å²) in [5.74, 6) is 1.44. The molecule has 0 bridgehead atoms. The van der Waals surface area contributed by atoms with Gasteiger partial charge in [-0.3, -0.25) is 4.79 Å². The molecule has 0 spiro atoms. The van der Waals surface area contributed by atoms with Gasteiger partial charge in [-0.25, -0.2) is 0 Å². The van der Waals surface area contributed by atoms with Gasteiger partial charge in [0.1, 0.15) is 30.8 Å². The first-order valence-electron chi connectivity index (χ1n) is 12.3. The zero-order chi connectivity index (χ0) is 24.0. The topological polar surface area (TPSA) is 89.1 Å². The monoisotopic (exact) mass is 470 g/mol. The Kier molecular flexibility index (Phi) is 11.2. The van der Waals surface area contributed by atoms with Crippen LogP contribution in [0.3, 0.4) is 0 Å². The van der Waals surface area contributed by atoms with Crippen molar-refractivity contribution in [3.63, 3.8) is 0 Å². The van der Waals surface area contributed by atoms with Crippen molar-refractivity contribution in [2.45, 2.75) is 51.2 Å². The molecule has 3 N–H and O–H groups in total. The molecule has 0 aromatic heterocycles. The molecule has 34 heavy (non-hydrogen) atoms. The highest BCUT2D eigenvalue weighted by atomic mass is 16.5. The SMILES string of the molecule is Cc1cccc(CC(=O)NCCNCC(O)COc2ccc(OCCOC3CCCC3)cc2)c1. The number of benzene rings is 2. The highest BCUT2D eigenvalue weighted by Gasteiger charge is 2.14. The normalized spacial score (nSPS) is 14.6. The van der Waals surface area contributed by atoms with Crippen molar-refractivity contribution in [3.05, 3.63) is 59.7 Å². The molecule has 2 aromatic carbocycles. The average Bonchev–Trinajstić information content (AvgIpc) is 3.35. The van der Waals surface area contributed by atoms with Gasteiger partial charge in [-0.15, -0.1) is 0 Å². The minimum Gasteiger partial charge on any atom is -0.491 e. The molecule has 1 unspecified atom stereocenters. The van der Waals surface area contributed by atoms with Crippen LogP contribution >= 0.6 is 0 Å². The number of nitrogens with one attached hydrogen (secondary N) is 2. The van der Waals surface area contributed by atoms with Crippen LogP contribution in [0.4, 0.5) is 0 Å². The molecule has 186 valence electrons. The lowest BCUT2D eigenvalue weighted by molar-refractivity contribution is -0.120. The van der Waals surface area contributed by atoms with Crippen LogP contribution in [-0.2, 0) is 16.0 Å². The van der Waals surface area contributed by atoms with E-state index in [2.05, 4.69) is 10.6 Å². The van der Waals surface area contributed by atoms with Crippen LogP contribution in [0.15, 0.2) is 48.5 Å². The van der Waals surface area contributed by atoms with Crippen LogP contribution in [-0.4, -0.2) is 62.7 Å². The summed E-state index contributed by atoms with van der Waals surface area (Å²) in [6, 6.07) is 15.3. The van der Waals surface area contributed by atoms with Crippen molar-refractivity contribution < 1.29 is 24.1 Å². The summed E-state index contributed by atoms with van der Waals surface area (Å²) in [6.07, 6.45) is 5.00. The van der Waals surface area contributed by atoms with Gasteiger partial charge in [-0.1, -0.05) is 42.7 Å². The first-order chi connectivity index (χ1) is 16.6. The first kappa shape index (κ1) is 26.0. The summed E-state index contributed by atoms with van der Waals surface area (Å²) in [7, 11) is 0. The Morgan fingerprint density at radius 2 is 1.76 bits per heavy atom. The molecule has 3 rings (SSSR count). The van der Waals surface area contributed by atoms with Gasteiger partial charge in [-0.2, -0.15) is 0 Å². The quantitative estimate of drug-likeness (QED) is 0.347. The molecular weight excluding hydrogens is 432 g/mol. The minimum atomic E-state index is -0.647. The zero-order valence-corrected chi connectivity index (χ0v) is 20.1. The van der Waals surface area contributed by atoms with Gasteiger partial charge in [0.05, 0.1) is 19.1 Å². The van der Waals surface area contributed by atoms with E-state index in [0.29, 0.717) is 51.1 Å². The van der Waals surface area contributed by atoms with E-state index in [1.165, 1.54) is 25.7 Å². The summed E-state index contributed by atoms with van der Waals surface area (Å²) in [4.78, 5) is 12.0. The van der Waals surface area contributed by atoms with Crippen molar-refractivity contribution in [2.24, 2.45) is 0 Å². The van der Waals surface area contributed by atoms with Crippen LogP contribution in [0.25, 0.3) is 0 Å². The Labute approximate surface area is 202 Å². The van der Waals surface area contributed by atoms with E-state index < -0.39 is 6.10 Å². The fourth-order valence-electron chi connectivity index (χ4n) is 3.94. The number of hydrogen-bond donors (Lipinski definition) is 3. The molecule has 7 nitrogen and oxygen atoms in total. The number of amides is 1. The van der Waals surface area contributed by atoms with Crippen LogP contribution in [0.1, 0.15) is 36.8 Å². The summed E-state index contributed by atoms with van der Waals surface area (Å²) in [5, 5.41) is 16.1. The number of aliphatic hydroxyl groups excluding tert-OH is 1. The van der Waals surface area contributed by atoms with Gasteiger partial charge < -0.3 is 30.0 Å². The predicted molar refractivity (Wildman–Crippen MR) is 132 cm³/mol. The lowest BCUT2D eigenvalue weighted by Crippen LogP contribution is -2.37. The molecule has 1 aliphatic rings. The number of aryl methyl sites for hydroxylation is 1. The highest BCUT2D eigenvalue weighted by molar-refractivity contribution is 5.78. The summed E-state index contributed by atoms with van der Waals surface area (Å²) < 4.78 is 17.2. The van der Waals surface area contributed by atoms with Gasteiger partial charge in [-0.05, 0) is 49.6 Å². The van der Waals surface area contributed by atoms with Crippen molar-refractivity contribution in [2.75, 3.05) is 39.5 Å². The van der Waals surface area contributed by atoms with Crippen molar-refractivity contribution in [3.8, 4) is 11.5 Å². The fraction of sp³-hybridized carbons (Fsp3) is 0.519. The number of rotatable bonds is 15. The molecule has 1 fully saturated rings. The Balaban J connectivity index is 1.20. The standard InChI is InChI=1S/C27H38N2O5/c1-21-5-4-6-22(17-21)18-27(31)29-14-13-28-19-23(30)20-34-26-11-9-25(10-12-26)33-16-15-32-24-7-2-3-8-24/h4-6,9-12,17,23-24,28,30H,2-3,7-8,13-16,18-20H2,1H3,(H,29,31). The third-order valence-electron chi connectivity index (χ3n) is 5.73. The van der Waals surface area contributed by atoms with E-state index in [4.69, 9.17) is 14.2 Å². The summed E-state index contributed by atoms with van der Waals surface area (Å²) in [5.41, 5.74) is 2.15. The number of carbonyl (C=O) groups excluding carboxylic acids is 1. The number of carbonyl (C=O) groups is 1. The average molecular weight is 471 g/mol. The Hall–Kier alpha value is -2.61. The van der Waals surface area contributed by atoms with E-state index in [1.807, 2.05) is 55.5 Å². The third-order valence-corrected chi connectivity index (χ3v) is 5.73. The predicted octanol–water partition coefficient (Wildman–Crippen LogP) is 3.02. The molecule has 0 aliphatic heterocycles. The van der Waals surface area contributed by atoms with Crippen molar-refractivity contribution >= 4 is 5.91 Å². The molecule has 1 atom stereocenters.